The number of benzene rings is 1. The number of hydrogen-bond donors (Lipinski definition) is 0. The Kier molecular flexibility index (Phi) is 10.8. The molecule has 0 aliphatic heterocycles. The topological polar surface area (TPSA) is 44.8 Å². The van der Waals surface area contributed by atoms with Crippen LogP contribution in [0.15, 0.2) is 36.4 Å². The molecule has 3 fully saturated rings. The zero-order valence-corrected chi connectivity index (χ0v) is 22.7. The van der Waals surface area contributed by atoms with Crippen LogP contribution in [-0.4, -0.2) is 25.3 Å². The van der Waals surface area contributed by atoms with Gasteiger partial charge in [-0.1, -0.05) is 19.1 Å². The second-order valence-electron chi connectivity index (χ2n) is 11.4. The summed E-state index contributed by atoms with van der Waals surface area (Å²) in [7, 11) is 0. The second-order valence-corrected chi connectivity index (χ2v) is 11.4. The Balaban J connectivity index is 1.12. The van der Waals surface area contributed by atoms with Crippen LogP contribution >= 0.6 is 0 Å². The van der Waals surface area contributed by atoms with Crippen molar-refractivity contribution >= 4 is 5.97 Å². The summed E-state index contributed by atoms with van der Waals surface area (Å²) in [6.45, 7) is 5.71. The molecule has 3 saturated carbocycles. The monoisotopic (exact) mass is 496 g/mol. The van der Waals surface area contributed by atoms with E-state index in [4.69, 9.17) is 14.2 Å². The standard InChI is InChI=1S/C32H48O4/c1-3-23-35-30-17-9-25(10-18-30)6-5-24-7-11-26(12-8-24)27-13-15-28(16-14-27)32(33)36-31-21-19-29(20-22-31)34-4-2/h5-6,19-22,24-28,30H,3-4,7-18,23H2,1-2H3. The third-order valence-corrected chi connectivity index (χ3v) is 8.87. The first-order valence-corrected chi connectivity index (χ1v) is 14.9. The van der Waals surface area contributed by atoms with Crippen LogP contribution < -0.4 is 9.47 Å². The van der Waals surface area contributed by atoms with Crippen LogP contribution in [0.25, 0.3) is 0 Å². The summed E-state index contributed by atoms with van der Waals surface area (Å²) in [5, 5.41) is 0. The van der Waals surface area contributed by atoms with Crippen LogP contribution in [-0.2, 0) is 9.53 Å². The summed E-state index contributed by atoms with van der Waals surface area (Å²) < 4.78 is 17.1. The fraction of sp³-hybridized carbons (Fsp3) is 0.719. The summed E-state index contributed by atoms with van der Waals surface area (Å²) in [4.78, 5) is 12.7. The Labute approximate surface area is 219 Å². The zero-order chi connectivity index (χ0) is 25.2. The SMILES string of the molecule is CCCOC1CCC(C=CC2CCC(C3CCC(C(=O)Oc4ccc(OCC)cc4)CC3)CC2)CC1. The lowest BCUT2D eigenvalue weighted by molar-refractivity contribution is -0.140. The van der Waals surface area contributed by atoms with Gasteiger partial charge in [0.05, 0.1) is 18.6 Å². The van der Waals surface area contributed by atoms with Crippen molar-refractivity contribution in [3.63, 3.8) is 0 Å². The lowest BCUT2D eigenvalue weighted by Crippen LogP contribution is -2.30. The summed E-state index contributed by atoms with van der Waals surface area (Å²) in [6, 6.07) is 7.38. The van der Waals surface area contributed by atoms with Crippen molar-refractivity contribution in [2.45, 2.75) is 103 Å². The van der Waals surface area contributed by atoms with Gasteiger partial charge in [0.15, 0.2) is 0 Å². The molecule has 4 nitrogen and oxygen atoms in total. The van der Waals surface area contributed by atoms with Crippen LogP contribution in [0.4, 0.5) is 0 Å². The van der Waals surface area contributed by atoms with Crippen molar-refractivity contribution in [2.75, 3.05) is 13.2 Å². The molecular formula is C32H48O4. The highest BCUT2D eigenvalue weighted by molar-refractivity contribution is 5.75. The number of carbonyl (C=O) groups excluding carboxylic acids is 1. The van der Waals surface area contributed by atoms with E-state index in [1.54, 1.807) is 0 Å². The van der Waals surface area contributed by atoms with Crippen molar-refractivity contribution < 1.29 is 19.0 Å². The van der Waals surface area contributed by atoms with Gasteiger partial charge in [-0.2, -0.15) is 0 Å². The predicted octanol–water partition coefficient (Wildman–Crippen LogP) is 8.15. The molecule has 0 heterocycles. The van der Waals surface area contributed by atoms with Gasteiger partial charge in [-0.15, -0.1) is 0 Å². The van der Waals surface area contributed by atoms with Crippen molar-refractivity contribution in [3.8, 4) is 11.5 Å². The molecule has 0 amide bonds. The third kappa shape index (κ3) is 8.10. The summed E-state index contributed by atoms with van der Waals surface area (Å²) in [5.74, 6) is 4.61. The largest absolute Gasteiger partial charge is 0.494 e. The molecule has 0 spiro atoms. The maximum absolute atomic E-state index is 12.7. The van der Waals surface area contributed by atoms with E-state index < -0.39 is 0 Å². The fourth-order valence-corrected chi connectivity index (χ4v) is 6.65. The maximum atomic E-state index is 12.7. The second kappa shape index (κ2) is 14.2. The van der Waals surface area contributed by atoms with Gasteiger partial charge in [0.1, 0.15) is 11.5 Å². The van der Waals surface area contributed by atoms with Crippen LogP contribution in [0, 0.1) is 29.6 Å². The van der Waals surface area contributed by atoms with Gasteiger partial charge in [0, 0.05) is 6.61 Å². The van der Waals surface area contributed by atoms with Gasteiger partial charge >= 0.3 is 5.97 Å². The quantitative estimate of drug-likeness (QED) is 0.186. The molecular weight excluding hydrogens is 448 g/mol. The fourth-order valence-electron chi connectivity index (χ4n) is 6.65. The minimum Gasteiger partial charge on any atom is -0.494 e. The van der Waals surface area contributed by atoms with Gasteiger partial charge in [0.2, 0.25) is 0 Å². The Morgan fingerprint density at radius 1 is 0.750 bits per heavy atom. The average molecular weight is 497 g/mol. The molecule has 0 radical (unpaired) electrons. The Morgan fingerprint density at radius 3 is 1.83 bits per heavy atom. The molecule has 36 heavy (non-hydrogen) atoms. The smallest absolute Gasteiger partial charge is 0.314 e. The predicted molar refractivity (Wildman–Crippen MR) is 145 cm³/mol. The molecule has 0 bridgehead atoms. The molecule has 1 aromatic carbocycles. The molecule has 1 aromatic rings. The van der Waals surface area contributed by atoms with Gasteiger partial charge in [0.25, 0.3) is 0 Å². The summed E-state index contributed by atoms with van der Waals surface area (Å²) >= 11 is 0. The molecule has 4 rings (SSSR count). The van der Waals surface area contributed by atoms with Gasteiger partial charge in [-0.3, -0.25) is 4.79 Å². The zero-order valence-electron chi connectivity index (χ0n) is 22.7. The van der Waals surface area contributed by atoms with Crippen LogP contribution in [0.1, 0.15) is 97.3 Å². The van der Waals surface area contributed by atoms with E-state index in [0.717, 1.165) is 55.3 Å². The highest BCUT2D eigenvalue weighted by Gasteiger charge is 2.33. The van der Waals surface area contributed by atoms with Gasteiger partial charge in [-0.25, -0.2) is 0 Å². The van der Waals surface area contributed by atoms with E-state index in [-0.39, 0.29) is 11.9 Å². The van der Waals surface area contributed by atoms with Crippen molar-refractivity contribution in [1.29, 1.82) is 0 Å². The molecule has 4 heteroatoms. The van der Waals surface area contributed by atoms with E-state index >= 15 is 0 Å². The Hall–Kier alpha value is -1.81. The average Bonchev–Trinajstić information content (AvgIpc) is 2.93. The highest BCUT2D eigenvalue weighted by Crippen LogP contribution is 2.42. The van der Waals surface area contributed by atoms with E-state index in [0.29, 0.717) is 18.5 Å². The molecule has 0 atom stereocenters. The third-order valence-electron chi connectivity index (χ3n) is 8.87. The maximum Gasteiger partial charge on any atom is 0.314 e. The number of hydrogen-bond acceptors (Lipinski definition) is 4. The first-order valence-electron chi connectivity index (χ1n) is 14.9. The van der Waals surface area contributed by atoms with Crippen molar-refractivity contribution in [3.05, 3.63) is 36.4 Å². The molecule has 0 unspecified atom stereocenters. The molecule has 0 aromatic heterocycles. The van der Waals surface area contributed by atoms with Crippen LogP contribution in [0.2, 0.25) is 0 Å². The molecule has 3 aliphatic rings. The van der Waals surface area contributed by atoms with Crippen molar-refractivity contribution in [1.82, 2.24) is 0 Å². The number of ether oxygens (including phenoxy) is 3. The van der Waals surface area contributed by atoms with E-state index in [9.17, 15) is 4.79 Å². The lowest BCUT2D eigenvalue weighted by atomic mass is 9.69. The molecule has 3 aliphatic carbocycles. The first kappa shape index (κ1) is 27.2. The lowest BCUT2D eigenvalue weighted by Gasteiger charge is -2.37. The van der Waals surface area contributed by atoms with Crippen LogP contribution in [0.3, 0.4) is 0 Å². The number of rotatable bonds is 10. The van der Waals surface area contributed by atoms with Crippen LogP contribution in [0.5, 0.6) is 11.5 Å². The normalized spacial score (nSPS) is 31.3. The number of allylic oxidation sites excluding steroid dienone is 2. The van der Waals surface area contributed by atoms with E-state index in [2.05, 4.69) is 19.1 Å². The number of carbonyl (C=O) groups is 1. The number of esters is 1. The Bertz CT molecular complexity index is 792. The minimum atomic E-state index is -0.0579. The highest BCUT2D eigenvalue weighted by atomic mass is 16.5. The van der Waals surface area contributed by atoms with E-state index in [1.165, 1.54) is 64.2 Å². The Morgan fingerprint density at radius 2 is 1.28 bits per heavy atom. The first-order chi connectivity index (χ1) is 17.6. The van der Waals surface area contributed by atoms with Gasteiger partial charge < -0.3 is 14.2 Å². The molecule has 0 N–H and O–H groups in total. The van der Waals surface area contributed by atoms with Crippen molar-refractivity contribution in [2.24, 2.45) is 29.6 Å². The molecule has 0 saturated heterocycles. The minimum absolute atomic E-state index is 0.0505. The summed E-state index contributed by atoms with van der Waals surface area (Å²) in [5.41, 5.74) is 0. The van der Waals surface area contributed by atoms with Gasteiger partial charge in [-0.05, 0) is 138 Å². The molecule has 200 valence electrons. The van der Waals surface area contributed by atoms with E-state index in [1.807, 2.05) is 31.2 Å². The summed E-state index contributed by atoms with van der Waals surface area (Å²) in [6.07, 6.45) is 21.5.